The second-order valence-electron chi connectivity index (χ2n) is 9.22. The fraction of sp³-hybridized carbons (Fsp3) is 0.444. The number of hydrogen-bond donors (Lipinski definition) is 1. The van der Waals surface area contributed by atoms with Crippen LogP contribution in [0.4, 0.5) is 0 Å². The Labute approximate surface area is 204 Å². The summed E-state index contributed by atoms with van der Waals surface area (Å²) in [5.41, 5.74) is 0.521. The predicted molar refractivity (Wildman–Crippen MR) is 135 cm³/mol. The van der Waals surface area contributed by atoms with E-state index in [-0.39, 0.29) is 11.9 Å². The van der Waals surface area contributed by atoms with Crippen molar-refractivity contribution in [3.8, 4) is 17.2 Å². The summed E-state index contributed by atoms with van der Waals surface area (Å²) in [6.45, 7) is 1.00. The van der Waals surface area contributed by atoms with Crippen LogP contribution >= 0.6 is 11.3 Å². The molecule has 2 saturated heterocycles. The standard InChI is InChI=1S/C27H32N2O4S/c1-31-23-12-18(13-24(32-2)26(23)33-3)27(30)28-19-14-20-8-6-9-21(15-19)29(20)16-22-11-17-7-4-5-10-25(17)34-22/h4-5,7,10-13,19-21H,6,8-9,14-16H2,1-3H3,(H,28,30). The van der Waals surface area contributed by atoms with Gasteiger partial charge in [0.05, 0.1) is 21.3 Å². The lowest BCUT2D eigenvalue weighted by molar-refractivity contribution is 0.0185. The normalized spacial score (nSPS) is 22.4. The summed E-state index contributed by atoms with van der Waals surface area (Å²) in [7, 11) is 4.68. The molecule has 0 spiro atoms. The molecule has 2 aliphatic heterocycles. The molecule has 1 N–H and O–H groups in total. The maximum absolute atomic E-state index is 13.2. The average molecular weight is 481 g/mol. The second kappa shape index (κ2) is 9.84. The molecule has 0 aliphatic carbocycles. The van der Waals surface area contributed by atoms with Gasteiger partial charge in [0, 0.05) is 39.8 Å². The first-order valence-corrected chi connectivity index (χ1v) is 12.7. The van der Waals surface area contributed by atoms with Crippen LogP contribution in [0.1, 0.15) is 47.3 Å². The van der Waals surface area contributed by atoms with Crippen LogP contribution in [-0.4, -0.2) is 50.3 Å². The van der Waals surface area contributed by atoms with E-state index >= 15 is 0 Å². The molecule has 6 nitrogen and oxygen atoms in total. The molecule has 34 heavy (non-hydrogen) atoms. The molecule has 2 fully saturated rings. The van der Waals surface area contributed by atoms with E-state index in [1.54, 1.807) is 33.5 Å². The highest BCUT2D eigenvalue weighted by molar-refractivity contribution is 7.19. The van der Waals surface area contributed by atoms with Gasteiger partial charge in [0.1, 0.15) is 0 Å². The number of thiophene rings is 1. The molecule has 2 atom stereocenters. The molecule has 5 rings (SSSR count). The van der Waals surface area contributed by atoms with Crippen molar-refractivity contribution in [1.82, 2.24) is 10.2 Å². The number of amides is 1. The average Bonchev–Trinajstić information content (AvgIpc) is 3.25. The van der Waals surface area contributed by atoms with Gasteiger partial charge in [0.15, 0.2) is 11.5 Å². The zero-order valence-electron chi connectivity index (χ0n) is 20.0. The monoisotopic (exact) mass is 480 g/mol. The maximum Gasteiger partial charge on any atom is 0.251 e. The van der Waals surface area contributed by atoms with Crippen molar-refractivity contribution in [2.45, 2.75) is 56.8 Å². The van der Waals surface area contributed by atoms with Crippen LogP contribution in [0.25, 0.3) is 10.1 Å². The molecular weight excluding hydrogens is 448 g/mol. The van der Waals surface area contributed by atoms with Crippen molar-refractivity contribution in [2.24, 2.45) is 0 Å². The minimum Gasteiger partial charge on any atom is -0.493 e. The van der Waals surface area contributed by atoms with Gasteiger partial charge in [-0.05, 0) is 55.3 Å². The number of fused-ring (bicyclic) bond motifs is 3. The molecule has 3 heterocycles. The van der Waals surface area contributed by atoms with E-state index in [0.717, 1.165) is 19.4 Å². The Kier molecular flexibility index (Phi) is 6.66. The van der Waals surface area contributed by atoms with Crippen LogP contribution in [0.3, 0.4) is 0 Å². The van der Waals surface area contributed by atoms with Crippen molar-refractivity contribution in [2.75, 3.05) is 21.3 Å². The molecule has 180 valence electrons. The molecule has 0 saturated carbocycles. The molecule has 2 aliphatic rings. The van der Waals surface area contributed by atoms with Gasteiger partial charge in [-0.2, -0.15) is 0 Å². The SMILES string of the molecule is COc1cc(C(=O)NC2CC3CCCC(C2)N3Cc2cc3ccccc3s2)cc(OC)c1OC. The summed E-state index contributed by atoms with van der Waals surface area (Å²) in [6.07, 6.45) is 5.62. The Bertz CT molecular complexity index is 1100. The van der Waals surface area contributed by atoms with E-state index in [9.17, 15) is 4.79 Å². The molecule has 7 heteroatoms. The van der Waals surface area contributed by atoms with Gasteiger partial charge in [-0.3, -0.25) is 9.69 Å². The molecule has 1 amide bonds. The number of carbonyl (C=O) groups is 1. The molecule has 3 aromatic rings. The Morgan fingerprint density at radius 1 is 1.00 bits per heavy atom. The summed E-state index contributed by atoms with van der Waals surface area (Å²) >= 11 is 1.90. The lowest BCUT2D eigenvalue weighted by Gasteiger charge is -2.49. The van der Waals surface area contributed by atoms with Crippen molar-refractivity contribution < 1.29 is 19.0 Å². The minimum absolute atomic E-state index is 0.0970. The number of hydrogen-bond acceptors (Lipinski definition) is 6. The Balaban J connectivity index is 1.28. The summed E-state index contributed by atoms with van der Waals surface area (Å²) in [4.78, 5) is 17.3. The van der Waals surface area contributed by atoms with Crippen molar-refractivity contribution >= 4 is 27.3 Å². The minimum atomic E-state index is -0.0970. The van der Waals surface area contributed by atoms with Gasteiger partial charge in [-0.1, -0.05) is 24.6 Å². The number of methoxy groups -OCH3 is 3. The summed E-state index contributed by atoms with van der Waals surface area (Å²) in [5, 5.41) is 4.63. The molecule has 1 aromatic heterocycles. The van der Waals surface area contributed by atoms with E-state index in [1.807, 2.05) is 11.3 Å². The Morgan fingerprint density at radius 3 is 2.29 bits per heavy atom. The third kappa shape index (κ3) is 4.46. The number of carbonyl (C=O) groups excluding carboxylic acids is 1. The van der Waals surface area contributed by atoms with Crippen molar-refractivity contribution in [1.29, 1.82) is 0 Å². The van der Waals surface area contributed by atoms with Crippen molar-refractivity contribution in [3.05, 3.63) is 52.9 Å². The number of nitrogens with zero attached hydrogens (tertiary/aromatic N) is 1. The van der Waals surface area contributed by atoms with Crippen LogP contribution in [-0.2, 0) is 6.54 Å². The van der Waals surface area contributed by atoms with Crippen LogP contribution in [0, 0.1) is 0 Å². The lowest BCUT2D eigenvalue weighted by atomic mass is 9.81. The fourth-order valence-electron chi connectivity index (χ4n) is 5.63. The number of benzene rings is 2. The van der Waals surface area contributed by atoms with E-state index < -0.39 is 0 Å². The number of ether oxygens (including phenoxy) is 3. The summed E-state index contributed by atoms with van der Waals surface area (Å²) < 4.78 is 17.6. The van der Waals surface area contributed by atoms with Gasteiger partial charge in [0.25, 0.3) is 5.91 Å². The van der Waals surface area contributed by atoms with Gasteiger partial charge >= 0.3 is 0 Å². The highest BCUT2D eigenvalue weighted by Crippen LogP contribution is 2.39. The molecular formula is C27H32N2O4S. The third-order valence-corrected chi connectivity index (χ3v) is 8.30. The van der Waals surface area contributed by atoms with Crippen LogP contribution in [0.5, 0.6) is 17.2 Å². The number of nitrogens with one attached hydrogen (secondary N) is 1. The number of rotatable bonds is 7. The highest BCUT2D eigenvalue weighted by Gasteiger charge is 2.39. The molecule has 0 radical (unpaired) electrons. The van der Waals surface area contributed by atoms with Crippen LogP contribution < -0.4 is 19.5 Å². The molecule has 2 aromatic carbocycles. The highest BCUT2D eigenvalue weighted by atomic mass is 32.1. The Morgan fingerprint density at radius 2 is 1.68 bits per heavy atom. The van der Waals surface area contributed by atoms with Crippen LogP contribution in [0.15, 0.2) is 42.5 Å². The van der Waals surface area contributed by atoms with Crippen molar-refractivity contribution in [3.63, 3.8) is 0 Å². The van der Waals surface area contributed by atoms with Gasteiger partial charge in [-0.25, -0.2) is 0 Å². The Hall–Kier alpha value is -2.77. The largest absolute Gasteiger partial charge is 0.493 e. The first-order valence-electron chi connectivity index (χ1n) is 11.9. The smallest absolute Gasteiger partial charge is 0.251 e. The topological polar surface area (TPSA) is 60.0 Å². The lowest BCUT2D eigenvalue weighted by Crippen LogP contribution is -2.56. The summed E-state index contributed by atoms with van der Waals surface area (Å²) in [6, 6.07) is 15.6. The second-order valence-corrected chi connectivity index (χ2v) is 10.4. The predicted octanol–water partition coefficient (Wildman–Crippen LogP) is 5.24. The van der Waals surface area contributed by atoms with E-state index in [0.29, 0.717) is 34.9 Å². The van der Waals surface area contributed by atoms with E-state index in [2.05, 4.69) is 40.5 Å². The first kappa shape index (κ1) is 23.0. The number of piperidine rings is 2. The van der Waals surface area contributed by atoms with E-state index in [1.165, 1.54) is 34.2 Å². The van der Waals surface area contributed by atoms with Gasteiger partial charge < -0.3 is 19.5 Å². The van der Waals surface area contributed by atoms with Crippen LogP contribution in [0.2, 0.25) is 0 Å². The molecule has 2 bridgehead atoms. The third-order valence-electron chi connectivity index (χ3n) is 7.20. The first-order chi connectivity index (χ1) is 16.6. The zero-order valence-corrected chi connectivity index (χ0v) is 20.8. The van der Waals surface area contributed by atoms with Gasteiger partial charge in [0.2, 0.25) is 5.75 Å². The van der Waals surface area contributed by atoms with E-state index in [4.69, 9.17) is 14.2 Å². The maximum atomic E-state index is 13.2. The quantitative estimate of drug-likeness (QED) is 0.501. The zero-order chi connectivity index (χ0) is 23.7. The summed E-state index contributed by atoms with van der Waals surface area (Å²) in [5.74, 6) is 1.37. The fourth-order valence-corrected chi connectivity index (χ4v) is 6.70. The molecule has 2 unspecified atom stereocenters. The van der Waals surface area contributed by atoms with Gasteiger partial charge in [-0.15, -0.1) is 11.3 Å².